The van der Waals surface area contributed by atoms with Gasteiger partial charge in [-0.3, -0.25) is 10.1 Å². The minimum atomic E-state index is -0.426. The molecular formula is C16H14Cl2N2O3S. The Morgan fingerprint density at radius 2 is 1.83 bits per heavy atom. The van der Waals surface area contributed by atoms with Gasteiger partial charge in [-0.2, -0.15) is 0 Å². The number of nitrogens with one attached hydrogen (secondary N) is 2. The lowest BCUT2D eigenvalue weighted by Crippen LogP contribution is -2.34. The maximum absolute atomic E-state index is 12.4. The zero-order chi connectivity index (χ0) is 17.7. The molecule has 0 unspecified atom stereocenters. The molecule has 5 nitrogen and oxygen atoms in total. The molecule has 126 valence electrons. The lowest BCUT2D eigenvalue weighted by atomic mass is 10.2. The molecule has 0 aliphatic heterocycles. The topological polar surface area (TPSA) is 59.6 Å². The molecule has 0 aromatic heterocycles. The first-order valence-electron chi connectivity index (χ1n) is 6.74. The van der Waals surface area contributed by atoms with Crippen LogP contribution in [0.25, 0.3) is 0 Å². The van der Waals surface area contributed by atoms with Gasteiger partial charge in [0.2, 0.25) is 0 Å². The van der Waals surface area contributed by atoms with Crippen molar-refractivity contribution in [1.82, 2.24) is 5.32 Å². The second-order valence-electron chi connectivity index (χ2n) is 4.60. The monoisotopic (exact) mass is 384 g/mol. The smallest absolute Gasteiger partial charge is 0.261 e. The molecule has 24 heavy (non-hydrogen) atoms. The van der Waals surface area contributed by atoms with E-state index in [2.05, 4.69) is 10.6 Å². The van der Waals surface area contributed by atoms with E-state index in [0.29, 0.717) is 32.8 Å². The summed E-state index contributed by atoms with van der Waals surface area (Å²) >= 11 is 17.1. The summed E-state index contributed by atoms with van der Waals surface area (Å²) in [5.74, 6) is 0.524. The molecule has 0 spiro atoms. The highest BCUT2D eigenvalue weighted by molar-refractivity contribution is 7.80. The molecule has 0 heterocycles. The summed E-state index contributed by atoms with van der Waals surface area (Å²) < 4.78 is 10.3. The highest BCUT2D eigenvalue weighted by Gasteiger charge is 2.15. The number of carbonyl (C=O) groups is 1. The Bertz CT molecular complexity index is 784. The number of anilines is 1. The molecule has 2 rings (SSSR count). The maximum atomic E-state index is 12.4. The summed E-state index contributed by atoms with van der Waals surface area (Å²) in [4.78, 5) is 12.4. The average Bonchev–Trinajstić information content (AvgIpc) is 2.57. The molecule has 2 aromatic carbocycles. The first-order chi connectivity index (χ1) is 11.4. The molecule has 0 aliphatic rings. The van der Waals surface area contributed by atoms with E-state index in [0.717, 1.165) is 0 Å². The van der Waals surface area contributed by atoms with Crippen LogP contribution in [-0.2, 0) is 0 Å². The number of methoxy groups -OCH3 is 2. The Labute approximate surface area is 154 Å². The number of hydrogen-bond acceptors (Lipinski definition) is 4. The van der Waals surface area contributed by atoms with Crippen molar-refractivity contribution >= 4 is 52.1 Å². The number of benzene rings is 2. The summed E-state index contributed by atoms with van der Waals surface area (Å²) in [5.41, 5.74) is 0.816. The largest absolute Gasteiger partial charge is 0.497 e. The van der Waals surface area contributed by atoms with E-state index >= 15 is 0 Å². The molecule has 0 radical (unpaired) electrons. The number of carbonyl (C=O) groups excluding carboxylic acids is 1. The summed E-state index contributed by atoms with van der Waals surface area (Å²) in [6.07, 6.45) is 0. The van der Waals surface area contributed by atoms with Crippen LogP contribution in [0.1, 0.15) is 10.4 Å². The van der Waals surface area contributed by atoms with Crippen LogP contribution >= 0.6 is 35.4 Å². The molecule has 1 amide bonds. The van der Waals surface area contributed by atoms with Crippen molar-refractivity contribution < 1.29 is 14.3 Å². The van der Waals surface area contributed by atoms with Gasteiger partial charge in [0.1, 0.15) is 11.5 Å². The van der Waals surface area contributed by atoms with Gasteiger partial charge < -0.3 is 14.8 Å². The van der Waals surface area contributed by atoms with Gasteiger partial charge in [0.15, 0.2) is 5.11 Å². The summed E-state index contributed by atoms with van der Waals surface area (Å²) in [6.45, 7) is 0. The Morgan fingerprint density at radius 1 is 1.08 bits per heavy atom. The van der Waals surface area contributed by atoms with Crippen molar-refractivity contribution in [3.8, 4) is 11.5 Å². The van der Waals surface area contributed by atoms with Crippen LogP contribution in [0.4, 0.5) is 5.69 Å². The van der Waals surface area contributed by atoms with Gasteiger partial charge in [0, 0.05) is 11.1 Å². The predicted molar refractivity (Wildman–Crippen MR) is 99.7 cm³/mol. The van der Waals surface area contributed by atoms with E-state index in [1.807, 2.05) is 0 Å². The first kappa shape index (κ1) is 18.3. The van der Waals surface area contributed by atoms with Crippen LogP contribution in [0.3, 0.4) is 0 Å². The molecule has 0 atom stereocenters. The molecule has 0 aliphatic carbocycles. The van der Waals surface area contributed by atoms with Crippen LogP contribution in [0.15, 0.2) is 36.4 Å². The molecule has 0 bridgehead atoms. The van der Waals surface area contributed by atoms with Gasteiger partial charge in [0.25, 0.3) is 5.91 Å². The molecule has 8 heteroatoms. The fourth-order valence-electron chi connectivity index (χ4n) is 1.90. The van der Waals surface area contributed by atoms with E-state index < -0.39 is 5.91 Å². The minimum absolute atomic E-state index is 0.0852. The predicted octanol–water partition coefficient (Wildman–Crippen LogP) is 4.14. The third-order valence-electron chi connectivity index (χ3n) is 3.06. The normalized spacial score (nSPS) is 10.0. The quantitative estimate of drug-likeness (QED) is 0.775. The van der Waals surface area contributed by atoms with Crippen LogP contribution in [0.2, 0.25) is 10.0 Å². The Morgan fingerprint density at radius 3 is 2.50 bits per heavy atom. The summed E-state index contributed by atoms with van der Waals surface area (Å²) in [7, 11) is 3.00. The van der Waals surface area contributed by atoms with E-state index in [-0.39, 0.29) is 5.11 Å². The van der Waals surface area contributed by atoms with Crippen molar-refractivity contribution in [3.63, 3.8) is 0 Å². The number of halogens is 2. The van der Waals surface area contributed by atoms with Crippen molar-refractivity contribution in [2.75, 3.05) is 19.5 Å². The van der Waals surface area contributed by atoms with Gasteiger partial charge in [-0.05, 0) is 42.5 Å². The zero-order valence-corrected chi connectivity index (χ0v) is 15.2. The number of ether oxygens (including phenoxy) is 2. The Hall–Kier alpha value is -2.02. The van der Waals surface area contributed by atoms with Crippen molar-refractivity contribution in [2.45, 2.75) is 0 Å². The first-order valence-corrected chi connectivity index (χ1v) is 7.90. The van der Waals surface area contributed by atoms with Crippen molar-refractivity contribution in [1.29, 1.82) is 0 Å². The molecule has 0 saturated carbocycles. The fraction of sp³-hybridized carbons (Fsp3) is 0.125. The van der Waals surface area contributed by atoms with Gasteiger partial charge >= 0.3 is 0 Å². The number of rotatable bonds is 4. The van der Waals surface area contributed by atoms with E-state index in [1.54, 1.807) is 36.4 Å². The van der Waals surface area contributed by atoms with Crippen LogP contribution in [-0.4, -0.2) is 25.2 Å². The number of amides is 1. The zero-order valence-electron chi connectivity index (χ0n) is 12.9. The average molecular weight is 385 g/mol. The summed E-state index contributed by atoms with van der Waals surface area (Å²) in [6, 6.07) is 9.74. The lowest BCUT2D eigenvalue weighted by molar-refractivity contribution is 0.0974. The molecule has 0 fully saturated rings. The Kier molecular flexibility index (Phi) is 6.25. The second-order valence-corrected chi connectivity index (χ2v) is 5.85. The van der Waals surface area contributed by atoms with E-state index in [1.165, 1.54) is 14.2 Å². The van der Waals surface area contributed by atoms with Crippen LogP contribution in [0.5, 0.6) is 11.5 Å². The van der Waals surface area contributed by atoms with Gasteiger partial charge in [-0.1, -0.05) is 23.2 Å². The molecule has 2 aromatic rings. The molecule has 0 saturated heterocycles. The number of hydrogen-bond donors (Lipinski definition) is 2. The van der Waals surface area contributed by atoms with E-state index in [9.17, 15) is 4.79 Å². The highest BCUT2D eigenvalue weighted by atomic mass is 35.5. The standard InChI is InChI=1S/C16H14Cl2N2O3S/c1-22-10-4-5-11(14(8-10)23-2)15(21)20-16(24)19-13-7-9(17)3-6-12(13)18/h3-8H,1-2H3,(H2,19,20,21,24). The minimum Gasteiger partial charge on any atom is -0.497 e. The van der Waals surface area contributed by atoms with Crippen LogP contribution in [0, 0.1) is 0 Å². The molecular weight excluding hydrogens is 371 g/mol. The van der Waals surface area contributed by atoms with Gasteiger partial charge in [0.05, 0.1) is 30.5 Å². The Balaban J connectivity index is 2.11. The summed E-state index contributed by atoms with van der Waals surface area (Å²) in [5, 5.41) is 6.40. The van der Waals surface area contributed by atoms with Crippen LogP contribution < -0.4 is 20.1 Å². The van der Waals surface area contributed by atoms with E-state index in [4.69, 9.17) is 44.9 Å². The fourth-order valence-corrected chi connectivity index (χ4v) is 2.44. The van der Waals surface area contributed by atoms with Crippen molar-refractivity contribution in [3.05, 3.63) is 52.0 Å². The SMILES string of the molecule is COc1ccc(C(=O)NC(=S)Nc2cc(Cl)ccc2Cl)c(OC)c1. The maximum Gasteiger partial charge on any atom is 0.261 e. The highest BCUT2D eigenvalue weighted by Crippen LogP contribution is 2.26. The third kappa shape index (κ3) is 4.50. The van der Waals surface area contributed by atoms with Gasteiger partial charge in [-0.15, -0.1) is 0 Å². The second kappa shape index (κ2) is 8.19. The third-order valence-corrected chi connectivity index (χ3v) is 3.83. The lowest BCUT2D eigenvalue weighted by Gasteiger charge is -2.13. The molecule has 2 N–H and O–H groups in total. The van der Waals surface area contributed by atoms with Crippen molar-refractivity contribution in [2.24, 2.45) is 0 Å². The number of thiocarbonyl (C=S) groups is 1. The van der Waals surface area contributed by atoms with Gasteiger partial charge in [-0.25, -0.2) is 0 Å².